The molecule has 1 amide bonds. The number of nitrogens with zero attached hydrogens (tertiary/aromatic N) is 1. The number of carbonyl (C=O) groups is 1. The average molecular weight is 232 g/mol. The predicted octanol–water partition coefficient (Wildman–Crippen LogP) is 2.44. The van der Waals surface area contributed by atoms with Gasteiger partial charge in [0.05, 0.1) is 5.56 Å². The molecule has 0 saturated carbocycles. The summed E-state index contributed by atoms with van der Waals surface area (Å²) in [6.45, 7) is 1.39. The molecule has 0 fully saturated rings. The fourth-order valence-corrected chi connectivity index (χ4v) is 2.58. The second-order valence-corrected chi connectivity index (χ2v) is 4.33. The molecule has 0 bridgehead atoms. The van der Waals surface area contributed by atoms with Crippen LogP contribution in [0.4, 0.5) is 5.00 Å². The number of nitrogens with one attached hydrogen (secondary N) is 1. The maximum Gasteiger partial charge on any atom is 0.221 e. The van der Waals surface area contributed by atoms with E-state index < -0.39 is 0 Å². The summed E-state index contributed by atoms with van der Waals surface area (Å²) in [5.41, 5.74) is 0.440. The van der Waals surface area contributed by atoms with E-state index in [1.54, 1.807) is 12.1 Å². The van der Waals surface area contributed by atoms with Crippen LogP contribution in [-0.2, 0) is 4.79 Å². The fourth-order valence-electron chi connectivity index (χ4n) is 1.44. The maximum atomic E-state index is 11.0. The Bertz CT molecular complexity index is 610. The zero-order chi connectivity index (χ0) is 11.7. The van der Waals surface area contributed by atoms with E-state index in [0.717, 1.165) is 10.1 Å². The van der Waals surface area contributed by atoms with E-state index >= 15 is 0 Å². The van der Waals surface area contributed by atoms with Gasteiger partial charge >= 0.3 is 0 Å². The molecule has 80 valence electrons. The number of phenolic OH excluding ortho intramolecular Hbond substituents is 1. The minimum absolute atomic E-state index is 0.146. The highest BCUT2D eigenvalue weighted by Crippen LogP contribution is 2.36. The molecule has 0 radical (unpaired) electrons. The number of aromatic hydroxyl groups is 1. The normalized spacial score (nSPS) is 10.0. The highest BCUT2D eigenvalue weighted by Gasteiger charge is 2.12. The minimum atomic E-state index is -0.215. The smallest absolute Gasteiger partial charge is 0.221 e. The molecule has 1 heterocycles. The molecule has 0 aliphatic heterocycles. The third-order valence-corrected chi connectivity index (χ3v) is 3.14. The quantitative estimate of drug-likeness (QED) is 0.793. The van der Waals surface area contributed by atoms with Gasteiger partial charge in [0.1, 0.15) is 16.8 Å². The molecule has 2 N–H and O–H groups in total. The number of rotatable bonds is 1. The van der Waals surface area contributed by atoms with Crippen molar-refractivity contribution in [1.82, 2.24) is 0 Å². The van der Waals surface area contributed by atoms with Crippen LogP contribution in [0.5, 0.6) is 5.75 Å². The van der Waals surface area contributed by atoms with Crippen molar-refractivity contribution < 1.29 is 9.90 Å². The van der Waals surface area contributed by atoms with Crippen molar-refractivity contribution in [3.8, 4) is 11.8 Å². The summed E-state index contributed by atoms with van der Waals surface area (Å²) in [7, 11) is 0. The van der Waals surface area contributed by atoms with E-state index in [1.165, 1.54) is 24.3 Å². The Morgan fingerprint density at radius 1 is 1.56 bits per heavy atom. The van der Waals surface area contributed by atoms with Crippen molar-refractivity contribution in [1.29, 1.82) is 5.26 Å². The molecule has 5 heteroatoms. The number of benzene rings is 1. The van der Waals surface area contributed by atoms with Crippen molar-refractivity contribution in [2.24, 2.45) is 0 Å². The first-order chi connectivity index (χ1) is 7.61. The zero-order valence-corrected chi connectivity index (χ0v) is 9.26. The Morgan fingerprint density at radius 3 is 2.94 bits per heavy atom. The number of fused-ring (bicyclic) bond motifs is 1. The Hall–Kier alpha value is -2.06. The fraction of sp³-hybridized carbons (Fsp3) is 0.0909. The molecule has 0 atom stereocenters. The van der Waals surface area contributed by atoms with Gasteiger partial charge in [-0.25, -0.2) is 0 Å². The van der Waals surface area contributed by atoms with Crippen LogP contribution in [-0.4, -0.2) is 11.0 Å². The third-order valence-electron chi connectivity index (χ3n) is 2.07. The summed E-state index contributed by atoms with van der Waals surface area (Å²) >= 11 is 1.28. The largest absolute Gasteiger partial charge is 0.508 e. The van der Waals surface area contributed by atoms with Crippen LogP contribution >= 0.6 is 11.3 Å². The van der Waals surface area contributed by atoms with Gasteiger partial charge in [-0.1, -0.05) is 0 Å². The van der Waals surface area contributed by atoms with Crippen molar-refractivity contribution in [2.75, 3.05) is 5.32 Å². The molecule has 16 heavy (non-hydrogen) atoms. The molecule has 0 aliphatic rings. The lowest BCUT2D eigenvalue weighted by molar-refractivity contribution is -0.114. The van der Waals surface area contributed by atoms with Crippen LogP contribution in [0.2, 0.25) is 0 Å². The van der Waals surface area contributed by atoms with E-state index in [2.05, 4.69) is 11.4 Å². The molecule has 2 rings (SSSR count). The minimum Gasteiger partial charge on any atom is -0.508 e. The second kappa shape index (κ2) is 3.83. The van der Waals surface area contributed by atoms with Gasteiger partial charge in [0.15, 0.2) is 0 Å². The summed E-state index contributed by atoms with van der Waals surface area (Å²) in [6, 6.07) is 6.83. The summed E-state index contributed by atoms with van der Waals surface area (Å²) in [6.07, 6.45) is 0. The third kappa shape index (κ3) is 1.71. The molecule has 0 spiro atoms. The molecule has 0 aliphatic carbocycles. The number of hydrogen-bond acceptors (Lipinski definition) is 4. The number of anilines is 1. The molecular formula is C11H8N2O2S. The number of nitriles is 1. The van der Waals surface area contributed by atoms with Gasteiger partial charge in [0.25, 0.3) is 0 Å². The van der Waals surface area contributed by atoms with Crippen molar-refractivity contribution in [3.05, 3.63) is 23.8 Å². The molecule has 1 aromatic heterocycles. The monoisotopic (exact) mass is 232 g/mol. The van der Waals surface area contributed by atoms with Gasteiger partial charge in [0.2, 0.25) is 5.91 Å². The predicted molar refractivity (Wildman–Crippen MR) is 62.5 cm³/mol. The molecule has 2 aromatic rings. The molecule has 1 aromatic carbocycles. The Labute approximate surface area is 95.7 Å². The average Bonchev–Trinajstić information content (AvgIpc) is 2.52. The van der Waals surface area contributed by atoms with Crippen molar-refractivity contribution in [3.63, 3.8) is 0 Å². The van der Waals surface area contributed by atoms with Crippen LogP contribution in [0.3, 0.4) is 0 Å². The van der Waals surface area contributed by atoms with Crippen LogP contribution in [0, 0.1) is 11.3 Å². The number of thiophene rings is 1. The van der Waals surface area contributed by atoms with Gasteiger partial charge < -0.3 is 10.4 Å². The Kier molecular flexibility index (Phi) is 2.50. The van der Waals surface area contributed by atoms with E-state index in [0.29, 0.717) is 10.6 Å². The van der Waals surface area contributed by atoms with Gasteiger partial charge in [-0.3, -0.25) is 4.79 Å². The molecule has 0 saturated heterocycles. The number of amides is 1. The topological polar surface area (TPSA) is 73.1 Å². The van der Waals surface area contributed by atoms with Gasteiger partial charge in [0, 0.05) is 17.0 Å². The van der Waals surface area contributed by atoms with E-state index in [-0.39, 0.29) is 11.7 Å². The summed E-state index contributed by atoms with van der Waals surface area (Å²) in [4.78, 5) is 11.0. The highest BCUT2D eigenvalue weighted by molar-refractivity contribution is 7.23. The van der Waals surface area contributed by atoms with Gasteiger partial charge in [-0.15, -0.1) is 11.3 Å². The lowest BCUT2D eigenvalue weighted by atomic mass is 10.2. The zero-order valence-electron chi connectivity index (χ0n) is 8.44. The second-order valence-electron chi connectivity index (χ2n) is 3.28. The maximum absolute atomic E-state index is 11.0. The number of hydrogen-bond donors (Lipinski definition) is 2. The lowest BCUT2D eigenvalue weighted by Crippen LogP contribution is -2.04. The summed E-state index contributed by atoms with van der Waals surface area (Å²) in [5, 5.41) is 22.2. The summed E-state index contributed by atoms with van der Waals surface area (Å²) in [5.74, 6) is -0.0695. The van der Waals surface area contributed by atoms with Crippen LogP contribution in [0.15, 0.2) is 18.2 Å². The summed E-state index contributed by atoms with van der Waals surface area (Å²) < 4.78 is 0.778. The Morgan fingerprint density at radius 2 is 2.31 bits per heavy atom. The first kappa shape index (κ1) is 10.5. The first-order valence-corrected chi connectivity index (χ1v) is 5.36. The number of phenols is 1. The van der Waals surface area contributed by atoms with E-state index in [1.807, 2.05) is 0 Å². The van der Waals surface area contributed by atoms with Gasteiger partial charge in [-0.2, -0.15) is 5.26 Å². The van der Waals surface area contributed by atoms with Crippen LogP contribution < -0.4 is 5.32 Å². The van der Waals surface area contributed by atoms with Crippen molar-refractivity contribution in [2.45, 2.75) is 6.92 Å². The van der Waals surface area contributed by atoms with Crippen LogP contribution in [0.1, 0.15) is 12.5 Å². The number of carbonyl (C=O) groups excluding carboxylic acids is 1. The first-order valence-electron chi connectivity index (χ1n) is 4.55. The molecular weight excluding hydrogens is 224 g/mol. The van der Waals surface area contributed by atoms with E-state index in [4.69, 9.17) is 5.26 Å². The standard InChI is InChI=1S/C11H8N2O2S/c1-6(14)13-11-9(5-12)8-3-2-7(15)4-10(8)16-11/h2-4,15H,1H3,(H,13,14). The lowest BCUT2D eigenvalue weighted by Gasteiger charge is -1.96. The Balaban J connectivity index is 2.67. The molecule has 4 nitrogen and oxygen atoms in total. The van der Waals surface area contributed by atoms with Crippen LogP contribution in [0.25, 0.3) is 10.1 Å². The molecule has 0 unspecified atom stereocenters. The van der Waals surface area contributed by atoms with E-state index in [9.17, 15) is 9.90 Å². The van der Waals surface area contributed by atoms with Gasteiger partial charge in [-0.05, 0) is 18.2 Å². The SMILES string of the molecule is CC(=O)Nc1sc2cc(O)ccc2c1C#N. The highest BCUT2D eigenvalue weighted by atomic mass is 32.1. The van der Waals surface area contributed by atoms with Crippen molar-refractivity contribution >= 4 is 32.3 Å².